The summed E-state index contributed by atoms with van der Waals surface area (Å²) in [5, 5.41) is 9.25. The van der Waals surface area contributed by atoms with Gasteiger partial charge >= 0.3 is 0 Å². The predicted molar refractivity (Wildman–Crippen MR) is 125 cm³/mol. The lowest BCUT2D eigenvalue weighted by molar-refractivity contribution is 0.398. The van der Waals surface area contributed by atoms with Gasteiger partial charge in [0.1, 0.15) is 23.0 Å². The van der Waals surface area contributed by atoms with Crippen LogP contribution >= 0.6 is 90.4 Å². The number of benzene rings is 2. The van der Waals surface area contributed by atoms with Gasteiger partial charge in [-0.25, -0.2) is 0 Å². The van der Waals surface area contributed by atoms with Crippen LogP contribution < -0.4 is 14.2 Å². The Morgan fingerprint density at radius 1 is 0.609 bits per heavy atom. The number of methoxy groups -OCH3 is 3. The van der Waals surface area contributed by atoms with Crippen LogP contribution in [-0.2, 0) is 0 Å². The average Bonchev–Trinajstić information content (AvgIpc) is 2.53. The van der Waals surface area contributed by atoms with Crippen molar-refractivity contribution in [1.82, 2.24) is 0 Å². The van der Waals surface area contributed by atoms with Crippen molar-refractivity contribution in [2.24, 2.45) is 0 Å². The van der Waals surface area contributed by atoms with Crippen LogP contribution in [0.1, 0.15) is 0 Å². The maximum Gasteiger partial charge on any atom is 0.133 e. The number of hydrogen-bond donors (Lipinski definition) is 1. The van der Waals surface area contributed by atoms with Gasteiger partial charge in [0, 0.05) is 0 Å². The molecule has 0 spiro atoms. The highest BCUT2D eigenvalue weighted by molar-refractivity contribution is 14.1. The van der Waals surface area contributed by atoms with Crippen molar-refractivity contribution in [1.29, 1.82) is 0 Å². The Balaban J connectivity index is 0.000000231. The van der Waals surface area contributed by atoms with Gasteiger partial charge in [0.2, 0.25) is 0 Å². The summed E-state index contributed by atoms with van der Waals surface area (Å²) in [5.74, 6) is 2.88. The molecule has 0 fully saturated rings. The van der Waals surface area contributed by atoms with Gasteiger partial charge < -0.3 is 19.3 Å². The van der Waals surface area contributed by atoms with Crippen LogP contribution in [-0.4, -0.2) is 26.4 Å². The Bertz CT molecular complexity index is 647. The summed E-state index contributed by atoms with van der Waals surface area (Å²) in [4.78, 5) is 0. The number of aromatic hydroxyl groups is 1. The zero-order valence-electron chi connectivity index (χ0n) is 12.5. The number of phenols is 1. The van der Waals surface area contributed by atoms with Gasteiger partial charge in [-0.1, -0.05) is 0 Å². The van der Waals surface area contributed by atoms with Crippen LogP contribution in [0.5, 0.6) is 23.0 Å². The van der Waals surface area contributed by atoms with Gasteiger partial charge in [0.25, 0.3) is 0 Å². The lowest BCUT2D eigenvalue weighted by atomic mass is 10.3. The highest BCUT2D eigenvalue weighted by atomic mass is 127. The summed E-state index contributed by atoms with van der Waals surface area (Å²) in [5.41, 5.74) is 0. The topological polar surface area (TPSA) is 47.9 Å². The van der Waals surface area contributed by atoms with Gasteiger partial charge in [-0.3, -0.25) is 0 Å². The maximum atomic E-state index is 9.25. The molecule has 0 saturated heterocycles. The van der Waals surface area contributed by atoms with Crippen molar-refractivity contribution in [2.75, 3.05) is 21.3 Å². The molecule has 1 N–H and O–H groups in total. The molecule has 8 heteroatoms. The molecule has 4 nitrogen and oxygen atoms in total. The summed E-state index contributed by atoms with van der Waals surface area (Å²) in [6.07, 6.45) is 0. The van der Waals surface area contributed by atoms with Gasteiger partial charge in [-0.15, -0.1) is 0 Å². The monoisotopic (exact) mass is 766 g/mol. The standard InChI is InChI=1S/C8H8I2O2.C7H6I2O2/c1-11-7-3-6(10)8(12-2)4-5(7)9;1-11-7-3-4(8)6(10)2-5(7)9/h3-4H,1-2H3;2-3,10H,1H3. The summed E-state index contributed by atoms with van der Waals surface area (Å²) in [6, 6.07) is 7.40. The largest absolute Gasteiger partial charge is 0.507 e. The molecular weight excluding hydrogens is 752 g/mol. The van der Waals surface area contributed by atoms with E-state index in [1.807, 2.05) is 12.1 Å². The molecule has 2 aromatic carbocycles. The zero-order chi connectivity index (χ0) is 17.6. The van der Waals surface area contributed by atoms with Crippen LogP contribution in [0, 0.1) is 14.3 Å². The van der Waals surface area contributed by atoms with Crippen molar-refractivity contribution >= 4 is 90.4 Å². The maximum absolute atomic E-state index is 9.25. The molecule has 23 heavy (non-hydrogen) atoms. The fraction of sp³-hybridized carbons (Fsp3) is 0.200. The first-order valence-corrected chi connectivity index (χ1v) is 10.4. The predicted octanol–water partition coefficient (Wildman–Crippen LogP) is 5.52. The van der Waals surface area contributed by atoms with E-state index in [1.54, 1.807) is 33.5 Å². The van der Waals surface area contributed by atoms with Crippen LogP contribution in [0.15, 0.2) is 24.3 Å². The second-order valence-electron chi connectivity index (χ2n) is 4.06. The first-order chi connectivity index (χ1) is 10.8. The Morgan fingerprint density at radius 2 is 0.913 bits per heavy atom. The summed E-state index contributed by atoms with van der Waals surface area (Å²) in [7, 11) is 4.95. The molecule has 0 radical (unpaired) electrons. The van der Waals surface area contributed by atoms with Crippen LogP contribution in [0.4, 0.5) is 0 Å². The Kier molecular flexibility index (Phi) is 9.89. The van der Waals surface area contributed by atoms with Gasteiger partial charge in [0.15, 0.2) is 0 Å². The first-order valence-electron chi connectivity index (χ1n) is 6.13. The molecule has 0 amide bonds. The van der Waals surface area contributed by atoms with E-state index in [9.17, 15) is 5.11 Å². The quantitative estimate of drug-likeness (QED) is 0.419. The molecule has 2 rings (SSSR count). The molecule has 0 aliphatic carbocycles. The number of ether oxygens (including phenoxy) is 3. The highest BCUT2D eigenvalue weighted by Crippen LogP contribution is 2.31. The number of phenolic OH excluding ortho intramolecular Hbond substituents is 1. The molecular formula is C15H14I4O4. The summed E-state index contributed by atoms with van der Waals surface area (Å²) < 4.78 is 19.2. The highest BCUT2D eigenvalue weighted by Gasteiger charge is 2.06. The van der Waals surface area contributed by atoms with Gasteiger partial charge in [-0.05, 0) is 115 Å². The van der Waals surface area contributed by atoms with Gasteiger partial charge in [-0.2, -0.15) is 0 Å². The number of hydrogen-bond acceptors (Lipinski definition) is 4. The third-order valence-corrected chi connectivity index (χ3v) is 6.04. The van der Waals surface area contributed by atoms with E-state index in [0.717, 1.165) is 31.5 Å². The van der Waals surface area contributed by atoms with Crippen molar-refractivity contribution in [3.8, 4) is 23.0 Å². The van der Waals surface area contributed by atoms with Crippen molar-refractivity contribution in [3.05, 3.63) is 38.5 Å². The minimum Gasteiger partial charge on any atom is -0.507 e. The molecule has 0 unspecified atom stereocenters. The van der Waals surface area contributed by atoms with Crippen LogP contribution in [0.3, 0.4) is 0 Å². The van der Waals surface area contributed by atoms with E-state index in [1.165, 1.54) is 0 Å². The summed E-state index contributed by atoms with van der Waals surface area (Å²) in [6.45, 7) is 0. The van der Waals surface area contributed by atoms with Crippen molar-refractivity contribution in [2.45, 2.75) is 0 Å². The number of halogens is 4. The number of rotatable bonds is 3. The van der Waals surface area contributed by atoms with E-state index >= 15 is 0 Å². The molecule has 0 bridgehead atoms. The van der Waals surface area contributed by atoms with E-state index in [-0.39, 0.29) is 0 Å². The van der Waals surface area contributed by atoms with E-state index in [4.69, 9.17) is 14.2 Å². The third-order valence-electron chi connectivity index (χ3n) is 2.65. The van der Waals surface area contributed by atoms with Gasteiger partial charge in [0.05, 0.1) is 35.6 Å². The van der Waals surface area contributed by atoms with E-state index < -0.39 is 0 Å². The molecule has 0 heterocycles. The van der Waals surface area contributed by atoms with Crippen molar-refractivity contribution < 1.29 is 19.3 Å². The molecule has 0 aliphatic heterocycles. The SMILES string of the molecule is COc1cc(I)c(O)cc1I.COc1cc(I)c(OC)cc1I. The first kappa shape index (κ1) is 21.6. The van der Waals surface area contributed by atoms with Crippen molar-refractivity contribution in [3.63, 3.8) is 0 Å². The summed E-state index contributed by atoms with van der Waals surface area (Å²) >= 11 is 8.61. The minimum atomic E-state index is 0.302. The molecule has 0 atom stereocenters. The van der Waals surface area contributed by atoms with E-state index in [2.05, 4.69) is 90.4 Å². The smallest absolute Gasteiger partial charge is 0.133 e. The average molecular weight is 766 g/mol. The van der Waals surface area contributed by atoms with Crippen LogP contribution in [0.2, 0.25) is 0 Å². The molecule has 0 aliphatic rings. The fourth-order valence-electron chi connectivity index (χ4n) is 1.50. The molecule has 2 aromatic rings. The molecule has 126 valence electrons. The lowest BCUT2D eigenvalue weighted by Crippen LogP contribution is -1.92. The van der Waals surface area contributed by atoms with E-state index in [0.29, 0.717) is 5.75 Å². The fourth-order valence-corrected chi connectivity index (χ4v) is 3.92. The Labute approximate surface area is 190 Å². The normalized spacial score (nSPS) is 9.70. The molecule has 0 saturated carbocycles. The second kappa shape index (κ2) is 10.5. The third kappa shape index (κ3) is 6.41. The lowest BCUT2D eigenvalue weighted by Gasteiger charge is -2.07. The second-order valence-corrected chi connectivity index (χ2v) is 8.71. The minimum absolute atomic E-state index is 0.302. The Morgan fingerprint density at radius 3 is 1.26 bits per heavy atom. The Hall–Kier alpha value is 0.560. The molecule has 0 aromatic heterocycles. The van der Waals surface area contributed by atoms with Crippen LogP contribution in [0.25, 0.3) is 0 Å². The zero-order valence-corrected chi connectivity index (χ0v) is 21.1.